The highest BCUT2D eigenvalue weighted by Crippen LogP contribution is 2.66. The van der Waals surface area contributed by atoms with Gasteiger partial charge in [0.05, 0.1) is 24.9 Å². The summed E-state index contributed by atoms with van der Waals surface area (Å²) >= 11 is 0. The Hall–Kier alpha value is -0.300. The highest BCUT2D eigenvalue weighted by atomic mass is 19.3. The first-order chi connectivity index (χ1) is 15.4. The zero-order chi connectivity index (χ0) is 24.4. The maximum absolute atomic E-state index is 13.3. The zero-order valence-corrected chi connectivity index (χ0v) is 22.3. The second-order valence-electron chi connectivity index (χ2n) is 12.3. The van der Waals surface area contributed by atoms with Crippen molar-refractivity contribution >= 4 is 0 Å². The summed E-state index contributed by atoms with van der Waals surface area (Å²) in [4.78, 5) is 4.74. The van der Waals surface area contributed by atoms with E-state index in [4.69, 9.17) is 9.47 Å². The van der Waals surface area contributed by atoms with Crippen molar-refractivity contribution < 1.29 is 18.3 Å². The van der Waals surface area contributed by atoms with Crippen LogP contribution in [0.25, 0.3) is 0 Å². The van der Waals surface area contributed by atoms with Crippen molar-refractivity contribution in [2.45, 2.75) is 116 Å². The van der Waals surface area contributed by atoms with Gasteiger partial charge in [-0.05, 0) is 100 Å². The third-order valence-electron chi connectivity index (χ3n) is 8.55. The second-order valence-corrected chi connectivity index (χ2v) is 12.3. The topological polar surface area (TPSA) is 24.9 Å². The summed E-state index contributed by atoms with van der Waals surface area (Å²) in [5.41, 5.74) is -0.282. The first-order valence-corrected chi connectivity index (χ1v) is 13.4. The normalized spacial score (nSPS) is 30.5. The van der Waals surface area contributed by atoms with Gasteiger partial charge in [-0.1, -0.05) is 6.42 Å². The molecule has 1 aliphatic heterocycles. The minimum absolute atomic E-state index is 0.134. The van der Waals surface area contributed by atoms with Crippen molar-refractivity contribution in [2.24, 2.45) is 16.7 Å². The molecule has 0 amide bonds. The van der Waals surface area contributed by atoms with E-state index in [0.717, 1.165) is 38.2 Å². The SMILES string of the molecule is CC(C)OCC1(CN2CCC3(CC2)CC3(F)F)CC1.CC(C)O[C@@H](C)[C@@H]1CCC[C@@H]1N(C)C. The Bertz CT molecular complexity index is 613. The fraction of sp³-hybridized carbons (Fsp3) is 1.00. The van der Waals surface area contributed by atoms with Crippen LogP contribution in [-0.2, 0) is 9.47 Å². The second kappa shape index (κ2) is 10.8. The summed E-state index contributed by atoms with van der Waals surface area (Å²) in [5, 5.41) is 0. The summed E-state index contributed by atoms with van der Waals surface area (Å²) in [5.74, 6) is -1.63. The van der Waals surface area contributed by atoms with Crippen LogP contribution in [0.4, 0.5) is 8.78 Å². The van der Waals surface area contributed by atoms with E-state index in [2.05, 4.69) is 58.5 Å². The van der Waals surface area contributed by atoms with Crippen LogP contribution >= 0.6 is 0 Å². The molecule has 3 aliphatic carbocycles. The van der Waals surface area contributed by atoms with Gasteiger partial charge in [-0.25, -0.2) is 8.78 Å². The van der Waals surface area contributed by atoms with E-state index in [1.54, 1.807) is 0 Å². The van der Waals surface area contributed by atoms with Gasteiger partial charge < -0.3 is 19.3 Å². The lowest BCUT2D eigenvalue weighted by Gasteiger charge is -2.34. The lowest BCUT2D eigenvalue weighted by Crippen LogP contribution is -2.41. The molecule has 1 heterocycles. The Balaban J connectivity index is 0.000000196. The number of rotatable bonds is 9. The molecule has 0 aromatic rings. The number of hydrogen-bond acceptors (Lipinski definition) is 4. The predicted molar refractivity (Wildman–Crippen MR) is 131 cm³/mol. The minimum Gasteiger partial charge on any atom is -0.378 e. The summed E-state index contributed by atoms with van der Waals surface area (Å²) in [7, 11) is 4.37. The van der Waals surface area contributed by atoms with E-state index in [9.17, 15) is 8.78 Å². The van der Waals surface area contributed by atoms with Gasteiger partial charge in [0.15, 0.2) is 0 Å². The van der Waals surface area contributed by atoms with Gasteiger partial charge >= 0.3 is 0 Å². The van der Waals surface area contributed by atoms with Gasteiger partial charge in [-0.2, -0.15) is 0 Å². The molecule has 6 heteroatoms. The van der Waals surface area contributed by atoms with E-state index in [1.807, 2.05) is 0 Å². The van der Waals surface area contributed by atoms with Crippen LogP contribution in [-0.4, -0.2) is 80.4 Å². The minimum atomic E-state index is -2.36. The standard InChI is InChI=1S/C15H25F2NO.C12H25NO/c1-12(2)19-11-13(3-4-13)10-18-7-5-14(6-8-18)9-15(14,16)17;1-9(2)14-10(3)11-7-6-8-12(11)13(4)5/h12H,3-11H2,1-2H3;9-12H,6-8H2,1-5H3/t;10-,11-,12-/m.0/s1. The van der Waals surface area contributed by atoms with Gasteiger partial charge in [0, 0.05) is 35.8 Å². The van der Waals surface area contributed by atoms with Crippen molar-refractivity contribution in [1.29, 1.82) is 0 Å². The van der Waals surface area contributed by atoms with E-state index in [0.29, 0.717) is 30.5 Å². The van der Waals surface area contributed by atoms with Crippen LogP contribution in [0.15, 0.2) is 0 Å². The van der Waals surface area contributed by atoms with Gasteiger partial charge in [0.25, 0.3) is 5.92 Å². The first kappa shape index (κ1) is 27.3. The highest BCUT2D eigenvalue weighted by molar-refractivity contribution is 5.12. The molecule has 0 N–H and O–H groups in total. The third-order valence-corrected chi connectivity index (χ3v) is 8.55. The largest absolute Gasteiger partial charge is 0.378 e. The highest BCUT2D eigenvalue weighted by Gasteiger charge is 2.70. The lowest BCUT2D eigenvalue weighted by molar-refractivity contribution is -0.0286. The molecule has 4 nitrogen and oxygen atoms in total. The average Bonchev–Trinajstić information content (AvgIpc) is 3.49. The molecule has 1 spiro atoms. The molecule has 1 saturated heterocycles. The number of alkyl halides is 2. The van der Waals surface area contributed by atoms with Gasteiger partial charge in [0.2, 0.25) is 0 Å². The number of hydrogen-bond donors (Lipinski definition) is 0. The molecule has 4 rings (SSSR count). The first-order valence-electron chi connectivity index (χ1n) is 13.4. The van der Waals surface area contributed by atoms with E-state index >= 15 is 0 Å². The number of ether oxygens (including phenoxy) is 2. The predicted octanol–water partition coefficient (Wildman–Crippen LogP) is 5.84. The molecule has 0 unspecified atom stereocenters. The van der Waals surface area contributed by atoms with Crippen LogP contribution in [0.5, 0.6) is 0 Å². The monoisotopic (exact) mass is 472 g/mol. The molecule has 0 radical (unpaired) electrons. The van der Waals surface area contributed by atoms with E-state index in [-0.39, 0.29) is 12.5 Å². The van der Waals surface area contributed by atoms with E-state index < -0.39 is 11.3 Å². The van der Waals surface area contributed by atoms with Gasteiger partial charge in [-0.15, -0.1) is 0 Å². The molecule has 194 valence electrons. The molecule has 0 bridgehead atoms. The number of nitrogens with zero attached hydrogens (tertiary/aromatic N) is 2. The quantitative estimate of drug-likeness (QED) is 0.421. The Kier molecular flexibility index (Phi) is 8.90. The van der Waals surface area contributed by atoms with Crippen LogP contribution in [0.1, 0.15) is 86.0 Å². The molecule has 3 atom stereocenters. The maximum Gasteiger partial charge on any atom is 0.254 e. The van der Waals surface area contributed by atoms with Crippen molar-refractivity contribution in [3.05, 3.63) is 0 Å². The Morgan fingerprint density at radius 3 is 2.00 bits per heavy atom. The van der Waals surface area contributed by atoms with Crippen LogP contribution < -0.4 is 0 Å². The van der Waals surface area contributed by atoms with Crippen molar-refractivity contribution in [2.75, 3.05) is 40.3 Å². The summed E-state index contributed by atoms with van der Waals surface area (Å²) in [6, 6.07) is 0.726. The molecular formula is C27H50F2N2O2. The van der Waals surface area contributed by atoms with Crippen LogP contribution in [0.3, 0.4) is 0 Å². The lowest BCUT2D eigenvalue weighted by atomic mass is 9.92. The third kappa shape index (κ3) is 7.11. The molecular weight excluding hydrogens is 422 g/mol. The number of halogens is 2. The Morgan fingerprint density at radius 1 is 0.939 bits per heavy atom. The zero-order valence-electron chi connectivity index (χ0n) is 22.3. The fourth-order valence-electron chi connectivity index (χ4n) is 6.09. The van der Waals surface area contributed by atoms with Crippen LogP contribution in [0.2, 0.25) is 0 Å². The summed E-state index contributed by atoms with van der Waals surface area (Å²) in [6.45, 7) is 14.2. The van der Waals surface area contributed by atoms with Crippen molar-refractivity contribution in [3.63, 3.8) is 0 Å². The van der Waals surface area contributed by atoms with Gasteiger partial charge in [0.1, 0.15) is 0 Å². The summed E-state index contributed by atoms with van der Waals surface area (Å²) < 4.78 is 38.3. The molecule has 3 saturated carbocycles. The van der Waals surface area contributed by atoms with Crippen molar-refractivity contribution in [1.82, 2.24) is 9.80 Å². The van der Waals surface area contributed by atoms with E-state index in [1.165, 1.54) is 32.1 Å². The number of likely N-dealkylation sites (tertiary alicyclic amines) is 1. The molecule has 0 aromatic carbocycles. The smallest absolute Gasteiger partial charge is 0.254 e. The fourth-order valence-corrected chi connectivity index (χ4v) is 6.09. The number of piperidine rings is 1. The summed E-state index contributed by atoms with van der Waals surface area (Å²) in [6.07, 6.45) is 9.04. The molecule has 4 aliphatic rings. The average molecular weight is 473 g/mol. The Morgan fingerprint density at radius 2 is 1.55 bits per heavy atom. The Labute approximate surface area is 201 Å². The molecule has 4 fully saturated rings. The molecule has 33 heavy (non-hydrogen) atoms. The van der Waals surface area contributed by atoms with Crippen molar-refractivity contribution in [3.8, 4) is 0 Å². The molecule has 0 aromatic heterocycles. The van der Waals surface area contributed by atoms with Gasteiger partial charge in [-0.3, -0.25) is 0 Å². The maximum atomic E-state index is 13.3. The van der Waals surface area contributed by atoms with Crippen LogP contribution in [0, 0.1) is 16.7 Å².